The molecule has 0 spiro atoms. The SMILES string of the molecule is COc1ccc(NC(C)=O)cc1S(=O)(=O)N(N=C(C)C)[C@H]1CCS(=O)(=O)C1. The average molecular weight is 418 g/mol. The summed E-state index contributed by atoms with van der Waals surface area (Å²) in [6.45, 7) is 4.55. The van der Waals surface area contributed by atoms with E-state index in [1.807, 2.05) is 0 Å². The summed E-state index contributed by atoms with van der Waals surface area (Å²) in [5, 5.41) is 6.62. The van der Waals surface area contributed by atoms with Crippen LogP contribution >= 0.6 is 0 Å². The molecule has 150 valence electrons. The first-order chi connectivity index (χ1) is 12.5. The summed E-state index contributed by atoms with van der Waals surface area (Å²) in [5.41, 5.74) is 0.734. The molecule has 0 aromatic heterocycles. The molecule has 0 bridgehead atoms. The summed E-state index contributed by atoms with van der Waals surface area (Å²) < 4.78 is 56.3. The van der Waals surface area contributed by atoms with E-state index in [1.54, 1.807) is 13.8 Å². The van der Waals surface area contributed by atoms with Crippen molar-refractivity contribution in [3.05, 3.63) is 18.2 Å². The van der Waals surface area contributed by atoms with Gasteiger partial charge in [0.25, 0.3) is 10.0 Å². The van der Waals surface area contributed by atoms with Crippen LogP contribution in [0.15, 0.2) is 28.2 Å². The van der Waals surface area contributed by atoms with Crippen molar-refractivity contribution in [2.75, 3.05) is 23.9 Å². The van der Waals surface area contributed by atoms with E-state index in [9.17, 15) is 21.6 Å². The fourth-order valence-electron chi connectivity index (χ4n) is 2.74. The second kappa shape index (κ2) is 7.85. The largest absolute Gasteiger partial charge is 0.495 e. The fraction of sp³-hybridized carbons (Fsp3) is 0.500. The van der Waals surface area contributed by atoms with Crippen molar-refractivity contribution in [3.63, 3.8) is 0 Å². The summed E-state index contributed by atoms with van der Waals surface area (Å²) >= 11 is 0. The fourth-order valence-corrected chi connectivity index (χ4v) is 6.25. The normalized spacial score (nSPS) is 18.6. The molecule has 1 aliphatic rings. The lowest BCUT2D eigenvalue weighted by Crippen LogP contribution is -2.37. The molecular formula is C16H23N3O6S2. The van der Waals surface area contributed by atoms with Gasteiger partial charge in [0.1, 0.15) is 10.6 Å². The molecule has 1 atom stereocenters. The molecule has 1 aromatic carbocycles. The van der Waals surface area contributed by atoms with Gasteiger partial charge in [-0.05, 0) is 38.5 Å². The zero-order valence-electron chi connectivity index (χ0n) is 15.6. The van der Waals surface area contributed by atoms with Gasteiger partial charge < -0.3 is 10.1 Å². The van der Waals surface area contributed by atoms with Crippen LogP contribution in [-0.2, 0) is 24.7 Å². The van der Waals surface area contributed by atoms with E-state index < -0.39 is 25.9 Å². The average Bonchev–Trinajstić information content (AvgIpc) is 2.91. The molecule has 2 rings (SSSR count). The molecule has 9 nitrogen and oxygen atoms in total. The Morgan fingerprint density at radius 3 is 2.44 bits per heavy atom. The van der Waals surface area contributed by atoms with Crippen LogP contribution < -0.4 is 10.1 Å². The number of ether oxygens (including phenoxy) is 1. The number of anilines is 1. The summed E-state index contributed by atoms with van der Waals surface area (Å²) in [6.07, 6.45) is 0.159. The number of carbonyl (C=O) groups excluding carboxylic acids is 1. The van der Waals surface area contributed by atoms with Crippen molar-refractivity contribution in [2.24, 2.45) is 5.10 Å². The lowest BCUT2D eigenvalue weighted by Gasteiger charge is -2.26. The van der Waals surface area contributed by atoms with E-state index in [1.165, 1.54) is 32.2 Å². The van der Waals surface area contributed by atoms with Gasteiger partial charge in [0.05, 0.1) is 24.7 Å². The van der Waals surface area contributed by atoms with Crippen molar-refractivity contribution >= 4 is 37.2 Å². The smallest absolute Gasteiger partial charge is 0.283 e. The summed E-state index contributed by atoms with van der Waals surface area (Å²) in [4.78, 5) is 11.1. The Bertz CT molecular complexity index is 966. The van der Waals surface area contributed by atoms with E-state index in [4.69, 9.17) is 4.74 Å². The van der Waals surface area contributed by atoms with Gasteiger partial charge in [-0.2, -0.15) is 17.9 Å². The molecule has 0 unspecified atom stereocenters. The minimum Gasteiger partial charge on any atom is -0.495 e. The first kappa shape index (κ1) is 21.2. The lowest BCUT2D eigenvalue weighted by molar-refractivity contribution is -0.114. The van der Waals surface area contributed by atoms with Gasteiger partial charge in [-0.1, -0.05) is 0 Å². The third-order valence-electron chi connectivity index (χ3n) is 3.83. The number of sulfone groups is 1. The molecular weight excluding hydrogens is 394 g/mol. The van der Waals surface area contributed by atoms with Gasteiger partial charge in [-0.3, -0.25) is 4.79 Å². The zero-order valence-corrected chi connectivity index (χ0v) is 17.2. The number of hydrogen-bond donors (Lipinski definition) is 1. The van der Waals surface area contributed by atoms with Gasteiger partial charge in [-0.25, -0.2) is 8.42 Å². The third kappa shape index (κ3) is 4.98. The van der Waals surface area contributed by atoms with Gasteiger partial charge in [-0.15, -0.1) is 0 Å². The molecule has 1 fully saturated rings. The van der Waals surface area contributed by atoms with Crippen LogP contribution in [-0.4, -0.2) is 57.5 Å². The number of nitrogens with zero attached hydrogens (tertiary/aromatic N) is 2. The predicted molar refractivity (Wildman–Crippen MR) is 102 cm³/mol. The number of nitrogens with one attached hydrogen (secondary N) is 1. The van der Waals surface area contributed by atoms with Crippen molar-refractivity contribution in [1.82, 2.24) is 4.41 Å². The molecule has 1 heterocycles. The van der Waals surface area contributed by atoms with Gasteiger partial charge in [0.2, 0.25) is 5.91 Å². The minimum absolute atomic E-state index is 0.0684. The number of carbonyl (C=O) groups is 1. The number of hydrazone groups is 1. The highest BCUT2D eigenvalue weighted by molar-refractivity contribution is 7.92. The van der Waals surface area contributed by atoms with Crippen molar-refractivity contribution < 1.29 is 26.4 Å². The number of hydrogen-bond acceptors (Lipinski definition) is 7. The molecule has 0 radical (unpaired) electrons. The van der Waals surface area contributed by atoms with E-state index in [0.717, 1.165) is 4.41 Å². The van der Waals surface area contributed by atoms with Gasteiger partial charge in [0, 0.05) is 18.3 Å². The highest BCUT2D eigenvalue weighted by atomic mass is 32.2. The zero-order chi connectivity index (χ0) is 20.4. The van der Waals surface area contributed by atoms with Crippen LogP contribution in [0.1, 0.15) is 27.2 Å². The topological polar surface area (TPSA) is 122 Å². The van der Waals surface area contributed by atoms with Crippen molar-refractivity contribution in [1.29, 1.82) is 0 Å². The quantitative estimate of drug-likeness (QED) is 0.549. The molecule has 1 saturated heterocycles. The number of rotatable bonds is 6. The monoisotopic (exact) mass is 417 g/mol. The molecule has 1 aromatic rings. The maximum atomic E-state index is 13.3. The molecule has 1 N–H and O–H groups in total. The van der Waals surface area contributed by atoms with Gasteiger partial charge in [0.15, 0.2) is 9.84 Å². The molecule has 1 aliphatic heterocycles. The Hall–Kier alpha value is -2.14. The Balaban J connectivity index is 2.58. The Kier molecular flexibility index (Phi) is 6.15. The second-order valence-electron chi connectivity index (χ2n) is 6.43. The highest BCUT2D eigenvalue weighted by Crippen LogP contribution is 2.33. The lowest BCUT2D eigenvalue weighted by atomic mass is 10.3. The van der Waals surface area contributed by atoms with Crippen LogP contribution in [0.5, 0.6) is 5.75 Å². The summed E-state index contributed by atoms with van der Waals surface area (Å²) in [6, 6.07) is 3.40. The first-order valence-corrected chi connectivity index (χ1v) is 11.4. The number of amides is 1. The molecule has 1 amide bonds. The van der Waals surface area contributed by atoms with E-state index in [0.29, 0.717) is 5.71 Å². The number of benzene rings is 1. The Labute approximate surface area is 159 Å². The maximum absolute atomic E-state index is 13.3. The Morgan fingerprint density at radius 2 is 1.96 bits per heavy atom. The van der Waals surface area contributed by atoms with E-state index in [-0.39, 0.29) is 40.2 Å². The number of methoxy groups -OCH3 is 1. The van der Waals surface area contributed by atoms with Crippen LogP contribution in [0.25, 0.3) is 0 Å². The second-order valence-corrected chi connectivity index (χ2v) is 10.4. The van der Waals surface area contributed by atoms with Crippen LogP contribution in [0.3, 0.4) is 0 Å². The summed E-state index contributed by atoms with van der Waals surface area (Å²) in [5.74, 6) is -0.675. The van der Waals surface area contributed by atoms with Gasteiger partial charge >= 0.3 is 0 Å². The molecule has 11 heteroatoms. The minimum atomic E-state index is -4.23. The molecule has 0 saturated carbocycles. The van der Waals surface area contributed by atoms with Crippen LogP contribution in [0.4, 0.5) is 5.69 Å². The van der Waals surface area contributed by atoms with Crippen molar-refractivity contribution in [2.45, 2.75) is 38.1 Å². The number of sulfonamides is 1. The molecule has 0 aliphatic carbocycles. The standard InChI is InChI=1S/C16H23N3O6S2/c1-11(2)18-19(14-7-8-26(21,22)10-14)27(23,24)16-9-13(17-12(3)20)5-6-15(16)25-4/h5-6,9,14H,7-8,10H2,1-4H3,(H,17,20)/t14-/m0/s1. The predicted octanol–water partition coefficient (Wildman–Crippen LogP) is 1.23. The maximum Gasteiger partial charge on any atom is 0.283 e. The van der Waals surface area contributed by atoms with E-state index in [2.05, 4.69) is 10.4 Å². The highest BCUT2D eigenvalue weighted by Gasteiger charge is 2.39. The van der Waals surface area contributed by atoms with Crippen LogP contribution in [0.2, 0.25) is 0 Å². The van der Waals surface area contributed by atoms with E-state index >= 15 is 0 Å². The third-order valence-corrected chi connectivity index (χ3v) is 7.33. The Morgan fingerprint density at radius 1 is 1.30 bits per heavy atom. The molecule has 27 heavy (non-hydrogen) atoms. The van der Waals surface area contributed by atoms with Crippen molar-refractivity contribution in [3.8, 4) is 5.75 Å². The van der Waals surface area contributed by atoms with Crippen LogP contribution in [0, 0.1) is 0 Å². The first-order valence-electron chi connectivity index (χ1n) is 8.18. The summed E-state index contributed by atoms with van der Waals surface area (Å²) in [7, 11) is -6.22.